The van der Waals surface area contributed by atoms with E-state index in [0.29, 0.717) is 11.9 Å². The molecule has 8 heteroatoms. The zero-order chi connectivity index (χ0) is 19.7. The van der Waals surface area contributed by atoms with Crippen molar-refractivity contribution in [2.24, 2.45) is 0 Å². The Hall–Kier alpha value is -1.93. The summed E-state index contributed by atoms with van der Waals surface area (Å²) >= 11 is 0. The van der Waals surface area contributed by atoms with E-state index in [4.69, 9.17) is 0 Å². The topological polar surface area (TPSA) is 50.2 Å². The Bertz CT molecular complexity index is 899. The fourth-order valence-electron chi connectivity index (χ4n) is 3.86. The highest BCUT2D eigenvalue weighted by molar-refractivity contribution is 5.79. The Kier molecular flexibility index (Phi) is 5.86. The van der Waals surface area contributed by atoms with Gasteiger partial charge < -0.3 is 5.32 Å². The van der Waals surface area contributed by atoms with Crippen LogP contribution < -0.4 is 10.9 Å². The van der Waals surface area contributed by atoms with Crippen molar-refractivity contribution in [3.8, 4) is 0 Å². The maximum atomic E-state index is 14.3. The smallest absolute Gasteiger partial charge is 0.264 e. The van der Waals surface area contributed by atoms with Crippen LogP contribution in [0.5, 0.6) is 0 Å². The molecule has 1 aliphatic rings. The highest BCUT2D eigenvalue weighted by Crippen LogP contribution is 2.28. The molecule has 2 aromatic rings. The van der Waals surface area contributed by atoms with Gasteiger partial charge in [-0.3, -0.25) is 14.3 Å². The second-order valence-corrected chi connectivity index (χ2v) is 7.05. The van der Waals surface area contributed by atoms with Crippen molar-refractivity contribution in [2.75, 3.05) is 19.6 Å². The molecule has 1 aromatic carbocycles. The first-order valence-electron chi connectivity index (χ1n) is 9.44. The van der Waals surface area contributed by atoms with Crippen LogP contribution in [0.3, 0.4) is 0 Å². The highest BCUT2D eigenvalue weighted by Gasteiger charge is 2.29. The van der Waals surface area contributed by atoms with E-state index in [1.165, 1.54) is 4.57 Å². The summed E-state index contributed by atoms with van der Waals surface area (Å²) in [5.74, 6) is -3.33. The van der Waals surface area contributed by atoms with Crippen LogP contribution in [0.2, 0.25) is 0 Å². The summed E-state index contributed by atoms with van der Waals surface area (Å²) in [4.78, 5) is 19.5. The molecule has 148 valence electrons. The number of piperazine rings is 1. The highest BCUT2D eigenvalue weighted by atomic mass is 19.2. The summed E-state index contributed by atoms with van der Waals surface area (Å²) < 4.78 is 43.5. The Labute approximate surface area is 156 Å². The SMILES string of the molecule is CCC[C@H](c1nc2c(F)cc(F)c(F)c2c(=O)n1CC)N1CCN[C@@H](C)C1. The molecule has 1 fully saturated rings. The van der Waals surface area contributed by atoms with E-state index in [2.05, 4.69) is 22.1 Å². The van der Waals surface area contributed by atoms with Crippen LogP contribution >= 0.6 is 0 Å². The minimum absolute atomic E-state index is 0.191. The van der Waals surface area contributed by atoms with Crippen LogP contribution in [-0.2, 0) is 6.54 Å². The number of hydrogen-bond donors (Lipinski definition) is 1. The van der Waals surface area contributed by atoms with Gasteiger partial charge in [0.25, 0.3) is 5.56 Å². The molecule has 0 aliphatic carbocycles. The molecule has 0 amide bonds. The van der Waals surface area contributed by atoms with Crippen LogP contribution in [-0.4, -0.2) is 40.1 Å². The third kappa shape index (κ3) is 3.60. The van der Waals surface area contributed by atoms with Crippen LogP contribution in [0.4, 0.5) is 13.2 Å². The van der Waals surface area contributed by atoms with E-state index >= 15 is 0 Å². The van der Waals surface area contributed by atoms with E-state index in [-0.39, 0.29) is 18.6 Å². The van der Waals surface area contributed by atoms with Crippen LogP contribution in [0.15, 0.2) is 10.9 Å². The van der Waals surface area contributed by atoms with Crippen LogP contribution in [0.1, 0.15) is 45.5 Å². The number of rotatable bonds is 5. The van der Waals surface area contributed by atoms with Gasteiger partial charge in [0, 0.05) is 38.3 Å². The first-order valence-corrected chi connectivity index (χ1v) is 9.44. The maximum absolute atomic E-state index is 14.3. The lowest BCUT2D eigenvalue weighted by atomic mass is 10.1. The molecule has 3 rings (SSSR count). The largest absolute Gasteiger partial charge is 0.312 e. The van der Waals surface area contributed by atoms with Gasteiger partial charge in [-0.05, 0) is 20.3 Å². The predicted molar refractivity (Wildman–Crippen MR) is 98.2 cm³/mol. The zero-order valence-corrected chi connectivity index (χ0v) is 15.9. The Morgan fingerprint density at radius 1 is 1.30 bits per heavy atom. The predicted octanol–water partition coefficient (Wildman–Crippen LogP) is 2.97. The Morgan fingerprint density at radius 3 is 2.67 bits per heavy atom. The average Bonchev–Trinajstić information content (AvgIpc) is 2.63. The molecule has 2 heterocycles. The fourth-order valence-corrected chi connectivity index (χ4v) is 3.86. The third-order valence-corrected chi connectivity index (χ3v) is 5.12. The number of aromatic nitrogens is 2. The monoisotopic (exact) mass is 382 g/mol. The lowest BCUT2D eigenvalue weighted by Gasteiger charge is -2.38. The van der Waals surface area contributed by atoms with Crippen LogP contribution in [0, 0.1) is 17.5 Å². The molecule has 0 radical (unpaired) electrons. The molecule has 0 unspecified atom stereocenters. The van der Waals surface area contributed by atoms with E-state index < -0.39 is 33.9 Å². The fraction of sp³-hybridized carbons (Fsp3) is 0.579. The maximum Gasteiger partial charge on any atom is 0.264 e. The molecular weight excluding hydrogens is 357 g/mol. The molecule has 1 aliphatic heterocycles. The molecule has 0 bridgehead atoms. The summed E-state index contributed by atoms with van der Waals surface area (Å²) in [6, 6.07) is 0.541. The standard InChI is InChI=1S/C19H25F3N4O/c1-4-6-14(25-8-7-23-11(3)10-25)18-24-17-13(21)9-12(20)16(22)15(17)19(27)26(18)5-2/h9,11,14,23H,4-8,10H2,1-3H3/t11-,14+/m0/s1. The van der Waals surface area contributed by atoms with Crippen molar-refractivity contribution in [3.63, 3.8) is 0 Å². The summed E-state index contributed by atoms with van der Waals surface area (Å²) in [5, 5.41) is 2.75. The van der Waals surface area contributed by atoms with E-state index in [0.717, 1.165) is 32.5 Å². The first kappa shape index (κ1) is 19.8. The van der Waals surface area contributed by atoms with Crippen molar-refractivity contribution < 1.29 is 13.2 Å². The lowest BCUT2D eigenvalue weighted by molar-refractivity contribution is 0.132. The first-order chi connectivity index (χ1) is 12.9. The van der Waals surface area contributed by atoms with Gasteiger partial charge in [-0.2, -0.15) is 0 Å². The van der Waals surface area contributed by atoms with E-state index in [9.17, 15) is 18.0 Å². The van der Waals surface area contributed by atoms with Crippen molar-refractivity contribution in [2.45, 2.75) is 52.2 Å². The van der Waals surface area contributed by atoms with Crippen molar-refractivity contribution in [3.05, 3.63) is 39.7 Å². The number of hydrogen-bond acceptors (Lipinski definition) is 4. The van der Waals surface area contributed by atoms with Gasteiger partial charge in [-0.25, -0.2) is 18.2 Å². The van der Waals surface area contributed by atoms with Crippen molar-refractivity contribution in [1.29, 1.82) is 0 Å². The van der Waals surface area contributed by atoms with Gasteiger partial charge in [0.05, 0.1) is 6.04 Å². The minimum atomic E-state index is -1.38. The second kappa shape index (κ2) is 7.98. The molecule has 1 N–H and O–H groups in total. The normalized spacial score (nSPS) is 19.6. The molecular formula is C19H25F3N4O. The molecule has 1 saturated heterocycles. The van der Waals surface area contributed by atoms with Gasteiger partial charge >= 0.3 is 0 Å². The summed E-state index contributed by atoms with van der Waals surface area (Å²) in [5.41, 5.74) is -1.14. The number of benzene rings is 1. The number of nitrogens with one attached hydrogen (secondary N) is 1. The molecule has 1 aromatic heterocycles. The van der Waals surface area contributed by atoms with E-state index in [1.807, 2.05) is 6.92 Å². The van der Waals surface area contributed by atoms with Gasteiger partial charge in [-0.15, -0.1) is 0 Å². The summed E-state index contributed by atoms with van der Waals surface area (Å²) in [6.07, 6.45) is 1.58. The zero-order valence-electron chi connectivity index (χ0n) is 15.9. The van der Waals surface area contributed by atoms with E-state index in [1.54, 1.807) is 6.92 Å². The Morgan fingerprint density at radius 2 is 2.04 bits per heavy atom. The molecule has 27 heavy (non-hydrogen) atoms. The van der Waals surface area contributed by atoms with Crippen molar-refractivity contribution in [1.82, 2.24) is 19.8 Å². The van der Waals surface area contributed by atoms with Crippen LogP contribution in [0.25, 0.3) is 10.9 Å². The Balaban J connectivity index is 2.23. The minimum Gasteiger partial charge on any atom is -0.312 e. The van der Waals surface area contributed by atoms with Gasteiger partial charge in [0.15, 0.2) is 17.5 Å². The molecule has 2 atom stereocenters. The number of fused-ring (bicyclic) bond motifs is 1. The quantitative estimate of drug-likeness (QED) is 0.808. The lowest BCUT2D eigenvalue weighted by Crippen LogP contribution is -2.51. The molecule has 0 spiro atoms. The molecule has 5 nitrogen and oxygen atoms in total. The number of nitrogens with zero attached hydrogens (tertiary/aromatic N) is 3. The molecule has 0 saturated carbocycles. The third-order valence-electron chi connectivity index (χ3n) is 5.12. The van der Waals surface area contributed by atoms with Gasteiger partial charge in [0.2, 0.25) is 0 Å². The number of halogens is 3. The van der Waals surface area contributed by atoms with Crippen molar-refractivity contribution >= 4 is 10.9 Å². The summed E-state index contributed by atoms with van der Waals surface area (Å²) in [6.45, 7) is 8.44. The summed E-state index contributed by atoms with van der Waals surface area (Å²) in [7, 11) is 0. The van der Waals surface area contributed by atoms with Gasteiger partial charge in [0.1, 0.15) is 16.7 Å². The van der Waals surface area contributed by atoms with Gasteiger partial charge in [-0.1, -0.05) is 13.3 Å². The second-order valence-electron chi connectivity index (χ2n) is 7.05. The average molecular weight is 382 g/mol.